The van der Waals surface area contributed by atoms with Crippen LogP contribution in [0.5, 0.6) is 5.75 Å². The molecule has 8 heteroatoms. The Bertz CT molecular complexity index is 1250. The highest BCUT2D eigenvalue weighted by atomic mass is 16.6. The topological polar surface area (TPSA) is 90.8 Å². The Morgan fingerprint density at radius 3 is 2.97 bits per heavy atom. The predicted octanol–water partition coefficient (Wildman–Crippen LogP) is 4.03. The van der Waals surface area contributed by atoms with Crippen LogP contribution in [0.25, 0.3) is 11.0 Å². The highest BCUT2D eigenvalue weighted by Gasteiger charge is 2.26. The first-order valence-corrected chi connectivity index (χ1v) is 11.0. The maximum Gasteiger partial charge on any atom is 0.257 e. The second-order valence-electron chi connectivity index (χ2n) is 8.27. The van der Waals surface area contributed by atoms with Crippen molar-refractivity contribution in [3.8, 4) is 5.75 Å². The van der Waals surface area contributed by atoms with Gasteiger partial charge in [0.25, 0.3) is 5.91 Å². The minimum Gasteiger partial charge on any atom is -0.486 e. The molecule has 4 aromatic rings. The van der Waals surface area contributed by atoms with Crippen molar-refractivity contribution in [3.05, 3.63) is 77.3 Å². The van der Waals surface area contributed by atoms with E-state index in [0.717, 1.165) is 17.4 Å². The van der Waals surface area contributed by atoms with E-state index in [1.165, 1.54) is 5.56 Å². The van der Waals surface area contributed by atoms with Crippen LogP contribution in [-0.2, 0) is 17.8 Å². The van der Waals surface area contributed by atoms with Gasteiger partial charge in [0.2, 0.25) is 0 Å². The lowest BCUT2D eigenvalue weighted by Gasteiger charge is -2.24. The molecule has 5 rings (SSSR count). The summed E-state index contributed by atoms with van der Waals surface area (Å²) in [5.41, 5.74) is 3.83. The standard InChI is InChI=1S/C25H25N3O5/c1-17-22(27-33-26-17)16-32-23-5-3-2-4-21(23)25(29)28-9-11-30-15-19(14-28)12-18-6-7-20-8-10-31-24(20)13-18/h2-8,10,13,19H,9,11-12,14-16H2,1H3. The van der Waals surface area contributed by atoms with E-state index in [0.29, 0.717) is 49.0 Å². The third-order valence-electron chi connectivity index (χ3n) is 5.90. The van der Waals surface area contributed by atoms with Crippen LogP contribution in [0.3, 0.4) is 0 Å². The highest BCUT2D eigenvalue weighted by Crippen LogP contribution is 2.24. The molecule has 0 spiro atoms. The Balaban J connectivity index is 1.29. The lowest BCUT2D eigenvalue weighted by molar-refractivity contribution is 0.0732. The highest BCUT2D eigenvalue weighted by molar-refractivity contribution is 5.97. The van der Waals surface area contributed by atoms with Crippen LogP contribution in [0.1, 0.15) is 27.3 Å². The number of hydrogen-bond donors (Lipinski definition) is 0. The van der Waals surface area contributed by atoms with Gasteiger partial charge in [0.15, 0.2) is 0 Å². The van der Waals surface area contributed by atoms with Gasteiger partial charge in [-0.15, -0.1) is 0 Å². The van der Waals surface area contributed by atoms with Crippen molar-refractivity contribution in [3.63, 3.8) is 0 Å². The number of amides is 1. The fourth-order valence-electron chi connectivity index (χ4n) is 4.11. The van der Waals surface area contributed by atoms with E-state index in [4.69, 9.17) is 18.5 Å². The summed E-state index contributed by atoms with van der Waals surface area (Å²) in [5.74, 6) is 0.619. The van der Waals surface area contributed by atoms with Gasteiger partial charge in [0.1, 0.15) is 29.3 Å². The van der Waals surface area contributed by atoms with Gasteiger partial charge in [-0.25, -0.2) is 4.63 Å². The number of para-hydroxylation sites is 1. The molecule has 2 aromatic heterocycles. The summed E-state index contributed by atoms with van der Waals surface area (Å²) >= 11 is 0. The van der Waals surface area contributed by atoms with Crippen LogP contribution in [0.4, 0.5) is 0 Å². The Morgan fingerprint density at radius 1 is 1.18 bits per heavy atom. The number of ether oxygens (including phenoxy) is 2. The van der Waals surface area contributed by atoms with Crippen molar-refractivity contribution in [2.24, 2.45) is 5.92 Å². The molecule has 1 atom stereocenters. The minimum atomic E-state index is -0.0717. The summed E-state index contributed by atoms with van der Waals surface area (Å²) in [4.78, 5) is 15.3. The molecule has 170 valence electrons. The Kier molecular flexibility index (Phi) is 6.08. The molecule has 0 saturated carbocycles. The summed E-state index contributed by atoms with van der Waals surface area (Å²) < 4.78 is 22.0. The van der Waals surface area contributed by atoms with Gasteiger partial charge in [-0.1, -0.05) is 34.6 Å². The molecular formula is C25H25N3O5. The minimum absolute atomic E-state index is 0.0717. The van der Waals surface area contributed by atoms with Crippen molar-refractivity contribution in [1.29, 1.82) is 0 Å². The average Bonchev–Trinajstić information content (AvgIpc) is 3.40. The normalized spacial score (nSPS) is 16.6. The predicted molar refractivity (Wildman–Crippen MR) is 120 cm³/mol. The molecule has 1 aliphatic rings. The van der Waals surface area contributed by atoms with Crippen LogP contribution in [0.2, 0.25) is 0 Å². The number of furan rings is 1. The van der Waals surface area contributed by atoms with Gasteiger partial charge in [-0.2, -0.15) is 0 Å². The zero-order valence-corrected chi connectivity index (χ0v) is 18.4. The van der Waals surface area contributed by atoms with Crippen molar-refractivity contribution in [1.82, 2.24) is 15.2 Å². The number of carbonyl (C=O) groups excluding carboxylic acids is 1. The third kappa shape index (κ3) is 4.75. The van der Waals surface area contributed by atoms with E-state index in [-0.39, 0.29) is 18.4 Å². The number of aromatic nitrogens is 2. The van der Waals surface area contributed by atoms with E-state index in [9.17, 15) is 4.79 Å². The largest absolute Gasteiger partial charge is 0.486 e. The van der Waals surface area contributed by atoms with Gasteiger partial charge in [0.05, 0.1) is 25.0 Å². The number of nitrogens with zero attached hydrogens (tertiary/aromatic N) is 3. The smallest absolute Gasteiger partial charge is 0.257 e. The second-order valence-corrected chi connectivity index (χ2v) is 8.27. The maximum absolute atomic E-state index is 13.5. The fourth-order valence-corrected chi connectivity index (χ4v) is 4.11. The number of hydrogen-bond acceptors (Lipinski definition) is 7. The number of rotatable bonds is 6. The van der Waals surface area contributed by atoms with E-state index in [1.807, 2.05) is 23.1 Å². The molecule has 1 aliphatic heterocycles. The van der Waals surface area contributed by atoms with Gasteiger partial charge in [-0.3, -0.25) is 4.79 Å². The van der Waals surface area contributed by atoms with Gasteiger partial charge in [0, 0.05) is 24.4 Å². The number of benzene rings is 2. The molecule has 0 radical (unpaired) electrons. The van der Waals surface area contributed by atoms with Crippen molar-refractivity contribution < 1.29 is 23.3 Å². The fraction of sp³-hybridized carbons (Fsp3) is 0.320. The van der Waals surface area contributed by atoms with Crippen LogP contribution >= 0.6 is 0 Å². The lowest BCUT2D eigenvalue weighted by Crippen LogP contribution is -2.36. The number of fused-ring (bicyclic) bond motifs is 1. The number of carbonyl (C=O) groups is 1. The Morgan fingerprint density at radius 2 is 2.09 bits per heavy atom. The molecule has 1 fully saturated rings. The Hall–Kier alpha value is -3.65. The van der Waals surface area contributed by atoms with E-state index < -0.39 is 0 Å². The monoisotopic (exact) mass is 447 g/mol. The number of aryl methyl sites for hydroxylation is 1. The van der Waals surface area contributed by atoms with E-state index >= 15 is 0 Å². The molecule has 0 aliphatic carbocycles. The summed E-state index contributed by atoms with van der Waals surface area (Å²) in [7, 11) is 0. The molecule has 8 nitrogen and oxygen atoms in total. The van der Waals surface area contributed by atoms with Crippen molar-refractivity contribution >= 4 is 16.9 Å². The van der Waals surface area contributed by atoms with Gasteiger partial charge in [-0.05, 0) is 43.2 Å². The van der Waals surface area contributed by atoms with Crippen molar-refractivity contribution in [2.75, 3.05) is 26.3 Å². The molecule has 3 heterocycles. The van der Waals surface area contributed by atoms with Crippen LogP contribution in [0, 0.1) is 12.8 Å². The second kappa shape index (κ2) is 9.46. The quantitative estimate of drug-likeness (QED) is 0.441. The molecule has 0 bridgehead atoms. The summed E-state index contributed by atoms with van der Waals surface area (Å²) in [6.45, 7) is 4.24. The third-order valence-corrected chi connectivity index (χ3v) is 5.90. The first-order chi connectivity index (χ1) is 16.2. The lowest BCUT2D eigenvalue weighted by atomic mass is 9.98. The molecule has 1 unspecified atom stereocenters. The van der Waals surface area contributed by atoms with Crippen LogP contribution < -0.4 is 4.74 Å². The van der Waals surface area contributed by atoms with Gasteiger partial charge < -0.3 is 18.8 Å². The molecule has 33 heavy (non-hydrogen) atoms. The molecule has 0 N–H and O–H groups in total. The zero-order chi connectivity index (χ0) is 22.6. The van der Waals surface area contributed by atoms with Gasteiger partial charge >= 0.3 is 0 Å². The summed E-state index contributed by atoms with van der Waals surface area (Å²) in [6, 6.07) is 15.5. The van der Waals surface area contributed by atoms with E-state index in [1.54, 1.807) is 25.3 Å². The first kappa shape index (κ1) is 21.2. The van der Waals surface area contributed by atoms with Crippen LogP contribution in [-0.4, -0.2) is 47.4 Å². The SMILES string of the molecule is Cc1nonc1COc1ccccc1C(=O)N1CCOCC(Cc2ccc3ccoc3c2)C1. The summed E-state index contributed by atoms with van der Waals surface area (Å²) in [6.07, 6.45) is 2.50. The molecule has 1 saturated heterocycles. The average molecular weight is 447 g/mol. The summed E-state index contributed by atoms with van der Waals surface area (Å²) in [5, 5.41) is 8.69. The zero-order valence-electron chi connectivity index (χ0n) is 18.4. The Labute approximate surface area is 191 Å². The van der Waals surface area contributed by atoms with E-state index in [2.05, 4.69) is 28.5 Å². The van der Waals surface area contributed by atoms with Crippen molar-refractivity contribution in [2.45, 2.75) is 20.0 Å². The maximum atomic E-state index is 13.5. The van der Waals surface area contributed by atoms with Crippen LogP contribution in [0.15, 0.2) is 63.8 Å². The molecule has 1 amide bonds. The molecular weight excluding hydrogens is 422 g/mol. The first-order valence-electron chi connectivity index (χ1n) is 11.0. The molecule has 2 aromatic carbocycles.